The first-order valence-corrected chi connectivity index (χ1v) is 11.6. The lowest BCUT2D eigenvalue weighted by molar-refractivity contribution is -0.134. The van der Waals surface area contributed by atoms with E-state index in [4.69, 9.17) is 0 Å². The molecule has 1 aliphatic rings. The van der Waals surface area contributed by atoms with Gasteiger partial charge in [0.2, 0.25) is 21.8 Å². The van der Waals surface area contributed by atoms with E-state index in [-0.39, 0.29) is 24.7 Å². The van der Waals surface area contributed by atoms with E-state index in [1.807, 2.05) is 4.90 Å². The first-order valence-electron chi connectivity index (χ1n) is 8.86. The van der Waals surface area contributed by atoms with E-state index >= 15 is 0 Å². The topological polar surface area (TPSA) is 86.8 Å². The van der Waals surface area contributed by atoms with Crippen molar-refractivity contribution in [1.29, 1.82) is 0 Å². The molecule has 2 heterocycles. The largest absolute Gasteiger partial charge is 0.356 e. The van der Waals surface area contributed by atoms with Gasteiger partial charge < -0.3 is 10.2 Å². The van der Waals surface area contributed by atoms with E-state index in [0.29, 0.717) is 39.1 Å². The number of nitrogens with zero attached hydrogens (tertiary/aromatic N) is 2. The second-order valence-electron chi connectivity index (χ2n) is 6.39. The number of nitrogens with one attached hydrogen (secondary N) is 1. The van der Waals surface area contributed by atoms with Crippen LogP contribution in [0.25, 0.3) is 0 Å². The van der Waals surface area contributed by atoms with Crippen LogP contribution >= 0.6 is 11.3 Å². The summed E-state index contributed by atoms with van der Waals surface area (Å²) in [5.74, 6) is -0.166. The van der Waals surface area contributed by atoms with Crippen molar-refractivity contribution in [3.63, 3.8) is 0 Å². The predicted octanol–water partition coefficient (Wildman–Crippen LogP) is 1.20. The van der Waals surface area contributed by atoms with E-state index in [1.165, 1.54) is 21.0 Å². The minimum atomic E-state index is -3.20. The smallest absolute Gasteiger partial charge is 0.223 e. The highest BCUT2D eigenvalue weighted by Gasteiger charge is 2.21. The fraction of sp³-hybridized carbons (Fsp3) is 0.647. The second kappa shape index (κ2) is 9.48. The number of carbonyl (C=O) groups excluding carboxylic acids is 2. The van der Waals surface area contributed by atoms with Crippen LogP contribution in [0.3, 0.4) is 0 Å². The normalized spacial score (nSPS) is 14.3. The van der Waals surface area contributed by atoms with Gasteiger partial charge >= 0.3 is 0 Å². The van der Waals surface area contributed by atoms with Gasteiger partial charge in [0.1, 0.15) is 0 Å². The maximum atomic E-state index is 12.3. The van der Waals surface area contributed by atoms with Crippen molar-refractivity contribution >= 4 is 33.2 Å². The SMILES string of the molecule is CCN(CCCNC(=O)CCC(=O)N1CCc2sccc2C1)S(C)(=O)=O. The molecule has 1 aliphatic heterocycles. The van der Waals surface area contributed by atoms with Gasteiger partial charge in [-0.1, -0.05) is 6.92 Å². The lowest BCUT2D eigenvalue weighted by atomic mass is 10.1. The molecule has 7 nitrogen and oxygen atoms in total. The highest BCUT2D eigenvalue weighted by Crippen LogP contribution is 2.24. The molecule has 0 radical (unpaired) electrons. The Bertz CT molecular complexity index is 730. The first kappa shape index (κ1) is 20.9. The molecule has 0 unspecified atom stereocenters. The number of amides is 2. The van der Waals surface area contributed by atoms with E-state index in [0.717, 1.165) is 6.42 Å². The fourth-order valence-electron chi connectivity index (χ4n) is 2.97. The standard InChI is InChI=1S/C17H27N3O4S2/c1-3-20(26(2,23)24)10-4-9-18-16(21)5-6-17(22)19-11-7-15-14(13-19)8-12-25-15/h8,12H,3-7,9-11,13H2,1-2H3,(H,18,21). The molecule has 1 aromatic heterocycles. The van der Waals surface area contributed by atoms with Crippen LogP contribution in [0.5, 0.6) is 0 Å². The van der Waals surface area contributed by atoms with Crippen molar-refractivity contribution in [2.75, 3.05) is 32.4 Å². The molecule has 26 heavy (non-hydrogen) atoms. The van der Waals surface area contributed by atoms with Gasteiger partial charge in [-0.15, -0.1) is 11.3 Å². The van der Waals surface area contributed by atoms with Crippen molar-refractivity contribution in [2.45, 2.75) is 39.2 Å². The summed E-state index contributed by atoms with van der Waals surface area (Å²) in [6, 6.07) is 2.06. The number of hydrogen-bond acceptors (Lipinski definition) is 5. The monoisotopic (exact) mass is 401 g/mol. The van der Waals surface area contributed by atoms with Crippen LogP contribution in [0, 0.1) is 0 Å². The zero-order valence-corrected chi connectivity index (χ0v) is 17.0. The van der Waals surface area contributed by atoms with Crippen molar-refractivity contribution in [3.8, 4) is 0 Å². The Morgan fingerprint density at radius 3 is 2.81 bits per heavy atom. The summed E-state index contributed by atoms with van der Waals surface area (Å²) in [6.45, 7) is 4.34. The number of sulfonamides is 1. The molecular weight excluding hydrogens is 374 g/mol. The van der Waals surface area contributed by atoms with Crippen LogP contribution in [0.4, 0.5) is 0 Å². The van der Waals surface area contributed by atoms with Gasteiger partial charge in [-0.25, -0.2) is 12.7 Å². The summed E-state index contributed by atoms with van der Waals surface area (Å²) in [5.41, 5.74) is 1.21. The molecule has 0 aliphatic carbocycles. The van der Waals surface area contributed by atoms with Crippen LogP contribution in [0.2, 0.25) is 0 Å². The van der Waals surface area contributed by atoms with E-state index in [2.05, 4.69) is 16.8 Å². The third-order valence-corrected chi connectivity index (χ3v) is 6.86. The Labute approximate surface area is 159 Å². The molecule has 0 atom stereocenters. The molecule has 1 aromatic rings. The Hall–Kier alpha value is -1.45. The molecule has 0 fully saturated rings. The summed E-state index contributed by atoms with van der Waals surface area (Å²) >= 11 is 1.73. The van der Waals surface area contributed by atoms with E-state index < -0.39 is 10.0 Å². The molecule has 0 spiro atoms. The number of hydrogen-bond donors (Lipinski definition) is 1. The second-order valence-corrected chi connectivity index (χ2v) is 9.38. The van der Waals surface area contributed by atoms with Gasteiger partial charge in [-0.2, -0.15) is 0 Å². The Morgan fingerprint density at radius 1 is 1.35 bits per heavy atom. The van der Waals surface area contributed by atoms with Crippen LogP contribution in [-0.2, 0) is 32.6 Å². The molecule has 146 valence electrons. The molecule has 0 saturated heterocycles. The molecular formula is C17H27N3O4S2. The van der Waals surface area contributed by atoms with E-state index in [1.54, 1.807) is 18.3 Å². The molecule has 1 N–H and O–H groups in total. The average Bonchev–Trinajstić information content (AvgIpc) is 3.06. The molecule has 2 rings (SSSR count). The minimum Gasteiger partial charge on any atom is -0.356 e. The molecule has 0 saturated carbocycles. The van der Waals surface area contributed by atoms with Gasteiger partial charge in [-0.05, 0) is 29.9 Å². The number of carbonyl (C=O) groups is 2. The highest BCUT2D eigenvalue weighted by atomic mass is 32.2. The zero-order chi connectivity index (χ0) is 19.2. The van der Waals surface area contributed by atoms with Crippen LogP contribution in [0.15, 0.2) is 11.4 Å². The molecule has 0 aromatic carbocycles. The quantitative estimate of drug-likeness (QED) is 0.630. The van der Waals surface area contributed by atoms with Crippen molar-refractivity contribution < 1.29 is 18.0 Å². The van der Waals surface area contributed by atoms with E-state index in [9.17, 15) is 18.0 Å². The Kier molecular flexibility index (Phi) is 7.60. The molecule has 2 amide bonds. The maximum Gasteiger partial charge on any atom is 0.223 e. The van der Waals surface area contributed by atoms with Gasteiger partial charge in [-0.3, -0.25) is 9.59 Å². The third-order valence-electron chi connectivity index (χ3n) is 4.45. The van der Waals surface area contributed by atoms with Gasteiger partial charge in [0.15, 0.2) is 0 Å². The maximum absolute atomic E-state index is 12.3. The third kappa shape index (κ3) is 6.07. The van der Waals surface area contributed by atoms with Gasteiger partial charge in [0.05, 0.1) is 6.26 Å². The summed E-state index contributed by atoms with van der Waals surface area (Å²) in [4.78, 5) is 27.3. The predicted molar refractivity (Wildman–Crippen MR) is 102 cm³/mol. The van der Waals surface area contributed by atoms with Gasteiger partial charge in [0.25, 0.3) is 0 Å². The molecule has 9 heteroatoms. The lowest BCUT2D eigenvalue weighted by Crippen LogP contribution is -2.36. The first-order chi connectivity index (χ1) is 12.3. The van der Waals surface area contributed by atoms with Crippen molar-refractivity contribution in [3.05, 3.63) is 21.9 Å². The summed E-state index contributed by atoms with van der Waals surface area (Å²) in [5, 5.41) is 4.80. The Balaban J connectivity index is 1.64. The average molecular weight is 402 g/mol. The van der Waals surface area contributed by atoms with Crippen molar-refractivity contribution in [1.82, 2.24) is 14.5 Å². The fourth-order valence-corrected chi connectivity index (χ4v) is 4.79. The number of thiophene rings is 1. The summed E-state index contributed by atoms with van der Waals surface area (Å²) < 4.78 is 24.3. The Morgan fingerprint density at radius 2 is 2.12 bits per heavy atom. The minimum absolute atomic E-state index is 0.00577. The number of fused-ring (bicyclic) bond motifs is 1. The molecule has 0 bridgehead atoms. The zero-order valence-electron chi connectivity index (χ0n) is 15.4. The van der Waals surface area contributed by atoms with Crippen LogP contribution in [0.1, 0.15) is 36.6 Å². The van der Waals surface area contributed by atoms with Crippen molar-refractivity contribution in [2.24, 2.45) is 0 Å². The summed E-state index contributed by atoms with van der Waals surface area (Å²) in [6.07, 6.45) is 2.98. The summed E-state index contributed by atoms with van der Waals surface area (Å²) in [7, 11) is -3.20. The highest BCUT2D eigenvalue weighted by molar-refractivity contribution is 7.88. The van der Waals surface area contributed by atoms with Crippen LogP contribution < -0.4 is 5.32 Å². The van der Waals surface area contributed by atoms with Gasteiger partial charge in [0, 0.05) is 50.4 Å². The van der Waals surface area contributed by atoms with Crippen LogP contribution in [-0.4, -0.2) is 61.9 Å². The lowest BCUT2D eigenvalue weighted by Gasteiger charge is -2.27. The number of rotatable bonds is 9.